The third kappa shape index (κ3) is 2.00. The van der Waals surface area contributed by atoms with Crippen LogP contribution in [0, 0.1) is 0 Å². The third-order valence-electron chi connectivity index (χ3n) is 3.99. The first-order chi connectivity index (χ1) is 10.8. The van der Waals surface area contributed by atoms with Crippen LogP contribution in [0.5, 0.6) is 5.75 Å². The number of hydrogen-bond acceptors (Lipinski definition) is 5. The van der Waals surface area contributed by atoms with Gasteiger partial charge in [0.1, 0.15) is 5.75 Å². The molecule has 1 fully saturated rings. The molecule has 1 aromatic heterocycles. The number of nitrogens with zero attached hydrogens (tertiary/aromatic N) is 2. The second kappa shape index (κ2) is 4.99. The minimum Gasteiger partial charge on any atom is -0.466 e. The highest BCUT2D eigenvalue weighted by molar-refractivity contribution is 5.72. The summed E-state index contributed by atoms with van der Waals surface area (Å²) in [5, 5.41) is 0. The molecule has 3 heterocycles. The van der Waals surface area contributed by atoms with E-state index in [1.54, 1.807) is 11.1 Å². The van der Waals surface area contributed by atoms with E-state index in [1.165, 1.54) is 0 Å². The number of cyclic esters (lactones) is 1. The summed E-state index contributed by atoms with van der Waals surface area (Å²) in [6.07, 6.45) is 2.32. The number of rotatable bonds is 2. The van der Waals surface area contributed by atoms with Crippen molar-refractivity contribution < 1.29 is 14.3 Å². The molecular weight excluding hydrogens is 282 g/mol. The van der Waals surface area contributed by atoms with E-state index in [9.17, 15) is 4.79 Å². The lowest BCUT2D eigenvalue weighted by molar-refractivity contribution is 0.0221. The molecule has 22 heavy (non-hydrogen) atoms. The van der Waals surface area contributed by atoms with Crippen molar-refractivity contribution in [2.75, 3.05) is 6.54 Å². The van der Waals surface area contributed by atoms with E-state index < -0.39 is 12.3 Å². The lowest BCUT2D eigenvalue weighted by Crippen LogP contribution is -2.46. The maximum atomic E-state index is 11.9. The maximum Gasteiger partial charge on any atom is 0.413 e. The van der Waals surface area contributed by atoms with Gasteiger partial charge < -0.3 is 15.2 Å². The van der Waals surface area contributed by atoms with Crippen molar-refractivity contribution in [1.29, 1.82) is 0 Å². The van der Waals surface area contributed by atoms with Crippen molar-refractivity contribution in [2.24, 2.45) is 5.73 Å². The van der Waals surface area contributed by atoms with Gasteiger partial charge in [-0.3, -0.25) is 9.88 Å². The summed E-state index contributed by atoms with van der Waals surface area (Å²) in [6, 6.07) is 9.82. The fraction of sp³-hybridized carbons (Fsp3) is 0.250. The molecule has 0 spiro atoms. The summed E-state index contributed by atoms with van der Waals surface area (Å²) in [7, 11) is 0. The Bertz CT molecular complexity index is 720. The average Bonchev–Trinajstić information content (AvgIpc) is 2.89. The molecular formula is C16H15N3O3. The average molecular weight is 297 g/mol. The molecule has 2 aromatic rings. The predicted molar refractivity (Wildman–Crippen MR) is 79.0 cm³/mol. The van der Waals surface area contributed by atoms with Crippen LogP contribution in [-0.2, 0) is 11.3 Å². The SMILES string of the molecule is NC[C@@H]1OC(=O)N2Cc3cc(-c4cccnc4)ccc3O[C@@H]12. The first-order valence-corrected chi connectivity index (χ1v) is 7.13. The first kappa shape index (κ1) is 13.1. The molecule has 1 saturated heterocycles. The summed E-state index contributed by atoms with van der Waals surface area (Å²) in [5.41, 5.74) is 8.65. The molecule has 0 aliphatic carbocycles. The van der Waals surface area contributed by atoms with Gasteiger partial charge in [0.2, 0.25) is 6.23 Å². The highest BCUT2D eigenvalue weighted by Gasteiger charge is 2.45. The largest absolute Gasteiger partial charge is 0.466 e. The van der Waals surface area contributed by atoms with Gasteiger partial charge in [-0.25, -0.2) is 4.79 Å². The van der Waals surface area contributed by atoms with Crippen molar-refractivity contribution in [3.8, 4) is 16.9 Å². The van der Waals surface area contributed by atoms with E-state index in [0.717, 1.165) is 22.4 Å². The Morgan fingerprint density at radius 3 is 2.95 bits per heavy atom. The van der Waals surface area contributed by atoms with Crippen LogP contribution in [0.1, 0.15) is 5.56 Å². The van der Waals surface area contributed by atoms with Crippen molar-refractivity contribution in [3.63, 3.8) is 0 Å². The number of pyridine rings is 1. The van der Waals surface area contributed by atoms with Gasteiger partial charge in [-0.1, -0.05) is 12.1 Å². The quantitative estimate of drug-likeness (QED) is 0.913. The van der Waals surface area contributed by atoms with Crippen LogP contribution in [0.25, 0.3) is 11.1 Å². The first-order valence-electron chi connectivity index (χ1n) is 7.13. The van der Waals surface area contributed by atoms with E-state index >= 15 is 0 Å². The van der Waals surface area contributed by atoms with Gasteiger partial charge in [-0.15, -0.1) is 0 Å². The van der Waals surface area contributed by atoms with Crippen LogP contribution in [0.15, 0.2) is 42.7 Å². The van der Waals surface area contributed by atoms with E-state index in [4.69, 9.17) is 15.2 Å². The van der Waals surface area contributed by atoms with Crippen molar-refractivity contribution in [2.45, 2.75) is 18.9 Å². The molecule has 1 aromatic carbocycles. The Balaban J connectivity index is 1.69. The monoisotopic (exact) mass is 297 g/mol. The predicted octanol–water partition coefficient (Wildman–Crippen LogP) is 1.75. The number of fused-ring (bicyclic) bond motifs is 2. The van der Waals surface area contributed by atoms with E-state index in [-0.39, 0.29) is 12.6 Å². The van der Waals surface area contributed by atoms with Gasteiger partial charge in [-0.2, -0.15) is 0 Å². The Kier molecular flexibility index (Phi) is 2.97. The Hall–Kier alpha value is -2.60. The number of benzene rings is 1. The summed E-state index contributed by atoms with van der Waals surface area (Å²) < 4.78 is 11.1. The minimum atomic E-state index is -0.436. The lowest BCUT2D eigenvalue weighted by Gasteiger charge is -2.31. The molecule has 4 rings (SSSR count). The number of aromatic nitrogens is 1. The molecule has 1 amide bonds. The number of ether oxygens (including phenoxy) is 2. The number of amides is 1. The molecule has 2 N–H and O–H groups in total. The summed E-state index contributed by atoms with van der Waals surface area (Å²) in [6.45, 7) is 0.708. The fourth-order valence-electron chi connectivity index (χ4n) is 2.86. The zero-order valence-corrected chi connectivity index (χ0v) is 11.8. The zero-order valence-electron chi connectivity index (χ0n) is 11.8. The molecule has 2 atom stereocenters. The standard InChI is InChI=1S/C16H15N3O3/c17-7-14-15-19(16(20)22-14)9-12-6-10(3-4-13(12)21-15)11-2-1-5-18-8-11/h1-6,8,14-15H,7,9,17H2/t14-,15-/m0/s1. The van der Waals surface area contributed by atoms with Crippen molar-refractivity contribution >= 4 is 6.09 Å². The highest BCUT2D eigenvalue weighted by atomic mass is 16.6. The molecule has 0 unspecified atom stereocenters. The molecule has 112 valence electrons. The van der Waals surface area contributed by atoms with Crippen molar-refractivity contribution in [3.05, 3.63) is 48.3 Å². The van der Waals surface area contributed by atoms with E-state index in [2.05, 4.69) is 4.98 Å². The maximum absolute atomic E-state index is 11.9. The van der Waals surface area contributed by atoms with Gasteiger partial charge in [0.05, 0.1) is 6.54 Å². The van der Waals surface area contributed by atoms with Gasteiger partial charge >= 0.3 is 6.09 Å². The Labute approximate surface area is 127 Å². The third-order valence-corrected chi connectivity index (χ3v) is 3.99. The van der Waals surface area contributed by atoms with Gasteiger partial charge in [0.15, 0.2) is 6.10 Å². The summed E-state index contributed by atoms with van der Waals surface area (Å²) in [5.74, 6) is 0.769. The smallest absolute Gasteiger partial charge is 0.413 e. The van der Waals surface area contributed by atoms with Crippen LogP contribution in [0.4, 0.5) is 4.79 Å². The Morgan fingerprint density at radius 2 is 2.18 bits per heavy atom. The molecule has 0 radical (unpaired) electrons. The van der Waals surface area contributed by atoms with Crippen LogP contribution in [0.3, 0.4) is 0 Å². The van der Waals surface area contributed by atoms with Gasteiger partial charge in [0, 0.05) is 30.1 Å². The molecule has 0 saturated carbocycles. The Morgan fingerprint density at radius 1 is 1.27 bits per heavy atom. The second-order valence-electron chi connectivity index (χ2n) is 5.36. The van der Waals surface area contributed by atoms with Crippen LogP contribution < -0.4 is 10.5 Å². The number of hydrogen-bond donors (Lipinski definition) is 1. The number of nitrogens with two attached hydrogens (primary N) is 1. The number of carbonyl (C=O) groups excluding carboxylic acids is 1. The number of carbonyl (C=O) groups is 1. The highest BCUT2D eigenvalue weighted by Crippen LogP contribution is 2.35. The summed E-state index contributed by atoms with van der Waals surface area (Å²) >= 11 is 0. The van der Waals surface area contributed by atoms with Gasteiger partial charge in [-0.05, 0) is 23.8 Å². The lowest BCUT2D eigenvalue weighted by atomic mass is 10.0. The molecule has 2 aliphatic rings. The zero-order chi connectivity index (χ0) is 15.1. The molecule has 2 aliphatic heterocycles. The second-order valence-corrected chi connectivity index (χ2v) is 5.36. The minimum absolute atomic E-state index is 0.246. The van der Waals surface area contributed by atoms with E-state index in [0.29, 0.717) is 6.54 Å². The van der Waals surface area contributed by atoms with Crippen LogP contribution >= 0.6 is 0 Å². The molecule has 0 bridgehead atoms. The van der Waals surface area contributed by atoms with Gasteiger partial charge in [0.25, 0.3) is 0 Å². The van der Waals surface area contributed by atoms with Crippen LogP contribution in [-0.4, -0.2) is 34.9 Å². The molecule has 6 nitrogen and oxygen atoms in total. The molecule has 6 heteroatoms. The van der Waals surface area contributed by atoms with Crippen LogP contribution in [0.2, 0.25) is 0 Å². The topological polar surface area (TPSA) is 77.7 Å². The fourth-order valence-corrected chi connectivity index (χ4v) is 2.86. The van der Waals surface area contributed by atoms with E-state index in [1.807, 2.05) is 36.5 Å². The van der Waals surface area contributed by atoms with Crippen molar-refractivity contribution in [1.82, 2.24) is 9.88 Å². The summed E-state index contributed by atoms with van der Waals surface area (Å²) in [4.78, 5) is 17.6. The normalized spacial score (nSPS) is 22.6.